The van der Waals surface area contributed by atoms with Gasteiger partial charge in [-0.2, -0.15) is 15.1 Å². The molecule has 1 aliphatic carbocycles. The highest BCUT2D eigenvalue weighted by Gasteiger charge is 2.27. The summed E-state index contributed by atoms with van der Waals surface area (Å²) in [6.45, 7) is 5.43. The normalized spacial score (nSPS) is 20.8. The third kappa shape index (κ3) is 2.33. The molecule has 20 heavy (non-hydrogen) atoms. The number of aromatic nitrogens is 4. The van der Waals surface area contributed by atoms with E-state index in [9.17, 15) is 0 Å². The Morgan fingerprint density at radius 2 is 2.00 bits per heavy atom. The van der Waals surface area contributed by atoms with Gasteiger partial charge >= 0.3 is 0 Å². The van der Waals surface area contributed by atoms with Crippen LogP contribution in [-0.4, -0.2) is 57.8 Å². The van der Waals surface area contributed by atoms with Gasteiger partial charge in [-0.15, -0.1) is 0 Å². The van der Waals surface area contributed by atoms with E-state index >= 15 is 0 Å². The van der Waals surface area contributed by atoms with E-state index in [2.05, 4.69) is 30.0 Å². The van der Waals surface area contributed by atoms with Gasteiger partial charge in [0, 0.05) is 32.7 Å². The second kappa shape index (κ2) is 4.86. The Balaban J connectivity index is 1.53. The first-order chi connectivity index (χ1) is 9.79. The number of halogens is 1. The highest BCUT2D eigenvalue weighted by atomic mass is 35.5. The quantitative estimate of drug-likeness (QED) is 0.870. The molecule has 2 aromatic rings. The lowest BCUT2D eigenvalue weighted by atomic mass is 10.2. The smallest absolute Gasteiger partial charge is 0.226 e. The van der Waals surface area contributed by atoms with Crippen molar-refractivity contribution in [1.29, 1.82) is 0 Å². The Morgan fingerprint density at radius 1 is 1.20 bits per heavy atom. The highest BCUT2D eigenvalue weighted by molar-refractivity contribution is 6.28. The van der Waals surface area contributed by atoms with E-state index in [-0.39, 0.29) is 5.28 Å². The SMILES string of the molecule is Clc1nc(N2CCN(CC3CC3)CC2)c2cn[nH]c2n1. The Labute approximate surface area is 122 Å². The van der Waals surface area contributed by atoms with Crippen molar-refractivity contribution in [3.8, 4) is 0 Å². The summed E-state index contributed by atoms with van der Waals surface area (Å²) in [6.07, 6.45) is 4.60. The van der Waals surface area contributed by atoms with Crippen LogP contribution in [0.25, 0.3) is 11.0 Å². The third-order valence-corrected chi connectivity index (χ3v) is 4.32. The van der Waals surface area contributed by atoms with Crippen molar-refractivity contribution in [2.75, 3.05) is 37.6 Å². The van der Waals surface area contributed by atoms with Crippen molar-refractivity contribution < 1.29 is 0 Å². The predicted molar refractivity (Wildman–Crippen MR) is 78.1 cm³/mol. The summed E-state index contributed by atoms with van der Waals surface area (Å²) in [6, 6.07) is 0. The molecule has 7 heteroatoms. The van der Waals surface area contributed by atoms with Gasteiger partial charge in [-0.25, -0.2) is 0 Å². The number of rotatable bonds is 3. The molecule has 0 atom stereocenters. The zero-order chi connectivity index (χ0) is 13.5. The van der Waals surface area contributed by atoms with Gasteiger partial charge in [0.25, 0.3) is 0 Å². The van der Waals surface area contributed by atoms with E-state index in [0.29, 0.717) is 5.65 Å². The van der Waals surface area contributed by atoms with Crippen LogP contribution in [0.1, 0.15) is 12.8 Å². The number of piperazine rings is 1. The van der Waals surface area contributed by atoms with Crippen LogP contribution in [-0.2, 0) is 0 Å². The fourth-order valence-corrected chi connectivity index (χ4v) is 3.01. The molecule has 4 rings (SSSR count). The summed E-state index contributed by atoms with van der Waals surface area (Å²) in [4.78, 5) is 13.4. The summed E-state index contributed by atoms with van der Waals surface area (Å²) in [5.74, 6) is 1.86. The molecule has 0 aromatic carbocycles. The van der Waals surface area contributed by atoms with E-state index in [0.717, 1.165) is 43.3 Å². The van der Waals surface area contributed by atoms with Crippen LogP contribution in [0.5, 0.6) is 0 Å². The Morgan fingerprint density at radius 3 is 2.75 bits per heavy atom. The standard InChI is InChI=1S/C13H17ClN6/c14-13-16-11-10(7-15-18-11)12(17-13)20-5-3-19(4-6-20)8-9-1-2-9/h7,9H,1-6,8H2,(H,15,16,17,18). The Kier molecular flexibility index (Phi) is 3.00. The molecule has 2 aliphatic rings. The molecular formula is C13H17ClN6. The van der Waals surface area contributed by atoms with Crippen LogP contribution >= 0.6 is 11.6 Å². The number of H-pyrrole nitrogens is 1. The first-order valence-corrected chi connectivity index (χ1v) is 7.51. The summed E-state index contributed by atoms with van der Waals surface area (Å²) in [5.41, 5.74) is 0.709. The number of anilines is 1. The topological polar surface area (TPSA) is 60.9 Å². The minimum atomic E-state index is 0.275. The van der Waals surface area contributed by atoms with Gasteiger partial charge in [0.15, 0.2) is 5.65 Å². The minimum absolute atomic E-state index is 0.275. The van der Waals surface area contributed by atoms with Crippen LogP contribution in [0, 0.1) is 5.92 Å². The van der Waals surface area contributed by atoms with Crippen LogP contribution < -0.4 is 4.90 Å². The van der Waals surface area contributed by atoms with Gasteiger partial charge in [-0.3, -0.25) is 10.00 Å². The molecule has 2 fully saturated rings. The maximum atomic E-state index is 6.00. The average molecular weight is 293 g/mol. The van der Waals surface area contributed by atoms with E-state index < -0.39 is 0 Å². The lowest BCUT2D eigenvalue weighted by Crippen LogP contribution is -2.47. The molecule has 1 N–H and O–H groups in total. The van der Waals surface area contributed by atoms with Crippen molar-refractivity contribution in [2.24, 2.45) is 5.92 Å². The molecule has 0 bridgehead atoms. The van der Waals surface area contributed by atoms with Gasteiger partial charge in [0.2, 0.25) is 5.28 Å². The molecule has 1 saturated heterocycles. The van der Waals surface area contributed by atoms with Crippen LogP contribution in [0.2, 0.25) is 5.28 Å². The molecule has 0 unspecified atom stereocenters. The molecule has 6 nitrogen and oxygen atoms in total. The second-order valence-corrected chi connectivity index (χ2v) is 6.02. The molecule has 1 saturated carbocycles. The third-order valence-electron chi connectivity index (χ3n) is 4.15. The fraction of sp³-hybridized carbons (Fsp3) is 0.615. The maximum absolute atomic E-state index is 6.00. The average Bonchev–Trinajstić information content (AvgIpc) is 3.14. The molecular weight excluding hydrogens is 276 g/mol. The fourth-order valence-electron chi connectivity index (χ4n) is 2.84. The molecule has 3 heterocycles. The van der Waals surface area contributed by atoms with Crippen molar-refractivity contribution in [3.63, 3.8) is 0 Å². The molecule has 0 radical (unpaired) electrons. The zero-order valence-corrected chi connectivity index (χ0v) is 12.0. The summed E-state index contributed by atoms with van der Waals surface area (Å²) in [5, 5.41) is 8.12. The number of nitrogens with zero attached hydrogens (tertiary/aromatic N) is 5. The van der Waals surface area contributed by atoms with Gasteiger partial charge in [-0.05, 0) is 30.4 Å². The number of aromatic amines is 1. The van der Waals surface area contributed by atoms with Gasteiger partial charge in [0.05, 0.1) is 11.6 Å². The first kappa shape index (κ1) is 12.3. The van der Waals surface area contributed by atoms with Crippen molar-refractivity contribution in [1.82, 2.24) is 25.1 Å². The van der Waals surface area contributed by atoms with Crippen LogP contribution in [0.4, 0.5) is 5.82 Å². The number of nitrogens with one attached hydrogen (secondary N) is 1. The van der Waals surface area contributed by atoms with Crippen molar-refractivity contribution in [3.05, 3.63) is 11.5 Å². The van der Waals surface area contributed by atoms with Gasteiger partial charge in [0.1, 0.15) is 5.82 Å². The lowest BCUT2D eigenvalue weighted by Gasteiger charge is -2.35. The summed E-state index contributed by atoms with van der Waals surface area (Å²) >= 11 is 6.00. The molecule has 1 aliphatic heterocycles. The zero-order valence-electron chi connectivity index (χ0n) is 11.2. The molecule has 2 aromatic heterocycles. The van der Waals surface area contributed by atoms with E-state index in [4.69, 9.17) is 11.6 Å². The largest absolute Gasteiger partial charge is 0.353 e. The number of fused-ring (bicyclic) bond motifs is 1. The lowest BCUT2D eigenvalue weighted by molar-refractivity contribution is 0.248. The van der Waals surface area contributed by atoms with E-state index in [1.807, 2.05) is 0 Å². The van der Waals surface area contributed by atoms with Gasteiger partial charge in [-0.1, -0.05) is 0 Å². The molecule has 106 valence electrons. The Bertz CT molecular complexity index is 614. The van der Waals surface area contributed by atoms with E-state index in [1.165, 1.54) is 19.4 Å². The molecule has 0 amide bonds. The number of hydrogen-bond donors (Lipinski definition) is 1. The maximum Gasteiger partial charge on any atom is 0.226 e. The number of hydrogen-bond acceptors (Lipinski definition) is 5. The van der Waals surface area contributed by atoms with Gasteiger partial charge < -0.3 is 4.90 Å². The monoisotopic (exact) mass is 292 g/mol. The Hall–Kier alpha value is -1.40. The minimum Gasteiger partial charge on any atom is -0.353 e. The summed E-state index contributed by atoms with van der Waals surface area (Å²) < 4.78 is 0. The predicted octanol–water partition coefficient (Wildman–Crippen LogP) is 1.54. The highest BCUT2D eigenvalue weighted by Crippen LogP contribution is 2.30. The van der Waals surface area contributed by atoms with Crippen molar-refractivity contribution >= 4 is 28.5 Å². The summed E-state index contributed by atoms with van der Waals surface area (Å²) in [7, 11) is 0. The van der Waals surface area contributed by atoms with Crippen LogP contribution in [0.15, 0.2) is 6.20 Å². The molecule has 0 spiro atoms. The van der Waals surface area contributed by atoms with Crippen LogP contribution in [0.3, 0.4) is 0 Å². The van der Waals surface area contributed by atoms with E-state index in [1.54, 1.807) is 6.20 Å². The second-order valence-electron chi connectivity index (χ2n) is 5.68. The first-order valence-electron chi connectivity index (χ1n) is 7.13. The van der Waals surface area contributed by atoms with Crippen molar-refractivity contribution in [2.45, 2.75) is 12.8 Å².